The van der Waals surface area contributed by atoms with Crippen LogP contribution in [0.5, 0.6) is 0 Å². The Morgan fingerprint density at radius 1 is 1.19 bits per heavy atom. The van der Waals surface area contributed by atoms with Gasteiger partial charge in [-0.1, -0.05) is 63.3 Å². The highest BCUT2D eigenvalue weighted by molar-refractivity contribution is 9.10. The largest absolute Gasteiger partial charge is 0.333 e. The molecule has 1 amide bonds. The molecule has 1 unspecified atom stereocenters. The van der Waals surface area contributed by atoms with Crippen molar-refractivity contribution < 1.29 is 4.79 Å². The summed E-state index contributed by atoms with van der Waals surface area (Å²) in [5.74, 6) is -0.140. The summed E-state index contributed by atoms with van der Waals surface area (Å²) >= 11 is 6.13. The molecule has 0 bridgehead atoms. The fraction of sp³-hybridized carbons (Fsp3) is 0.111. The fourth-order valence-corrected chi connectivity index (χ4v) is 4.23. The summed E-state index contributed by atoms with van der Waals surface area (Å²) in [5.41, 5.74) is 2.80. The molecule has 2 aromatic carbocycles. The zero-order valence-electron chi connectivity index (χ0n) is 14.1. The van der Waals surface area contributed by atoms with Crippen LogP contribution in [-0.4, -0.2) is 31.3 Å². The van der Waals surface area contributed by atoms with Crippen LogP contribution in [0.1, 0.15) is 6.92 Å². The third-order valence-corrected chi connectivity index (χ3v) is 6.17. The van der Waals surface area contributed by atoms with Gasteiger partial charge in [0.1, 0.15) is 5.01 Å². The second kappa shape index (κ2) is 7.79. The number of H-pyrrole nitrogens is 1. The van der Waals surface area contributed by atoms with Crippen LogP contribution in [0.3, 0.4) is 0 Å². The van der Waals surface area contributed by atoms with Crippen molar-refractivity contribution in [1.29, 1.82) is 0 Å². The normalized spacial score (nSPS) is 12.2. The van der Waals surface area contributed by atoms with E-state index in [9.17, 15) is 4.79 Å². The second-order valence-corrected chi connectivity index (χ2v) is 8.95. The average Bonchev–Trinajstić information content (AvgIpc) is 3.28. The van der Waals surface area contributed by atoms with Gasteiger partial charge in [0.2, 0.25) is 11.0 Å². The number of para-hydroxylation sites is 2. The van der Waals surface area contributed by atoms with Crippen molar-refractivity contribution in [1.82, 2.24) is 20.2 Å². The maximum atomic E-state index is 12.5. The summed E-state index contributed by atoms with van der Waals surface area (Å²) in [5, 5.41) is 12.7. The summed E-state index contributed by atoms with van der Waals surface area (Å²) in [4.78, 5) is 20.2. The summed E-state index contributed by atoms with van der Waals surface area (Å²) < 4.78 is 1.00. The lowest BCUT2D eigenvalue weighted by Gasteiger charge is -2.07. The number of rotatable bonds is 5. The minimum Gasteiger partial charge on any atom is -0.333 e. The molecule has 2 aromatic heterocycles. The molecular weight excluding hydrogens is 446 g/mol. The molecule has 0 aliphatic heterocycles. The standard InChI is InChI=1S/C18H14BrN5OS2/c1-10(26-17-20-13-4-2-3-5-14(13)21-17)15(25)22-18-24-23-16(27-18)11-6-8-12(19)9-7-11/h2-10H,1H3,(H,20,21)(H,22,24,25). The molecule has 27 heavy (non-hydrogen) atoms. The number of hydrogen-bond donors (Lipinski definition) is 2. The van der Waals surface area contributed by atoms with Gasteiger partial charge in [-0.05, 0) is 31.2 Å². The molecule has 2 N–H and O–H groups in total. The maximum Gasteiger partial charge on any atom is 0.239 e. The molecule has 0 spiro atoms. The lowest BCUT2D eigenvalue weighted by molar-refractivity contribution is -0.115. The number of aromatic amines is 1. The van der Waals surface area contributed by atoms with Gasteiger partial charge in [0.15, 0.2) is 5.16 Å². The number of amides is 1. The first kappa shape index (κ1) is 18.1. The molecule has 0 saturated carbocycles. The number of nitrogens with zero attached hydrogens (tertiary/aromatic N) is 3. The highest BCUT2D eigenvalue weighted by Crippen LogP contribution is 2.29. The Labute approximate surface area is 172 Å². The summed E-state index contributed by atoms with van der Waals surface area (Å²) in [6.45, 7) is 1.84. The molecule has 0 aliphatic rings. The first-order valence-electron chi connectivity index (χ1n) is 8.10. The summed E-state index contributed by atoms with van der Waals surface area (Å²) in [6.07, 6.45) is 0. The number of nitrogens with one attached hydrogen (secondary N) is 2. The van der Waals surface area contributed by atoms with Crippen molar-refractivity contribution in [3.63, 3.8) is 0 Å². The quantitative estimate of drug-likeness (QED) is 0.411. The minimum atomic E-state index is -0.328. The molecule has 0 saturated heterocycles. The van der Waals surface area contributed by atoms with E-state index in [2.05, 4.69) is 41.4 Å². The van der Waals surface area contributed by atoms with Gasteiger partial charge >= 0.3 is 0 Å². The number of aromatic nitrogens is 4. The minimum absolute atomic E-state index is 0.140. The van der Waals surface area contributed by atoms with Crippen LogP contribution in [0.2, 0.25) is 0 Å². The Hall–Kier alpha value is -2.23. The highest BCUT2D eigenvalue weighted by Gasteiger charge is 2.18. The molecule has 0 radical (unpaired) electrons. The van der Waals surface area contributed by atoms with E-state index in [4.69, 9.17) is 0 Å². The number of benzene rings is 2. The van der Waals surface area contributed by atoms with Crippen LogP contribution in [0, 0.1) is 0 Å². The van der Waals surface area contributed by atoms with Gasteiger partial charge in [0.05, 0.1) is 16.3 Å². The number of thioether (sulfide) groups is 1. The van der Waals surface area contributed by atoms with Crippen molar-refractivity contribution in [3.8, 4) is 10.6 Å². The molecular formula is C18H14BrN5OS2. The van der Waals surface area contributed by atoms with Crippen LogP contribution < -0.4 is 5.32 Å². The number of carbonyl (C=O) groups is 1. The molecule has 0 fully saturated rings. The predicted molar refractivity (Wildman–Crippen MR) is 113 cm³/mol. The van der Waals surface area contributed by atoms with Crippen LogP contribution in [0.25, 0.3) is 21.6 Å². The topological polar surface area (TPSA) is 83.6 Å². The van der Waals surface area contributed by atoms with Gasteiger partial charge in [-0.3, -0.25) is 10.1 Å². The van der Waals surface area contributed by atoms with Crippen LogP contribution in [0.15, 0.2) is 58.2 Å². The number of carbonyl (C=O) groups excluding carboxylic acids is 1. The zero-order chi connectivity index (χ0) is 18.8. The van der Waals surface area contributed by atoms with Gasteiger partial charge in [0, 0.05) is 10.0 Å². The van der Waals surface area contributed by atoms with Gasteiger partial charge in [-0.15, -0.1) is 10.2 Å². The number of halogens is 1. The van der Waals surface area contributed by atoms with E-state index in [0.717, 1.165) is 26.1 Å². The molecule has 4 rings (SSSR count). The van der Waals surface area contributed by atoms with Crippen LogP contribution >= 0.6 is 39.0 Å². The number of hydrogen-bond acceptors (Lipinski definition) is 6. The Morgan fingerprint density at radius 2 is 1.96 bits per heavy atom. The van der Waals surface area contributed by atoms with E-state index in [1.165, 1.54) is 23.1 Å². The number of fused-ring (bicyclic) bond motifs is 1. The van der Waals surface area contributed by atoms with Crippen molar-refractivity contribution in [2.75, 3.05) is 5.32 Å². The number of imidazole rings is 1. The van der Waals surface area contributed by atoms with E-state index in [-0.39, 0.29) is 11.2 Å². The Kier molecular flexibility index (Phi) is 5.24. The van der Waals surface area contributed by atoms with Gasteiger partial charge < -0.3 is 4.98 Å². The SMILES string of the molecule is CC(Sc1nc2ccccc2[nH]1)C(=O)Nc1nnc(-c2ccc(Br)cc2)s1. The lowest BCUT2D eigenvalue weighted by Crippen LogP contribution is -2.22. The van der Waals surface area contributed by atoms with E-state index >= 15 is 0 Å². The highest BCUT2D eigenvalue weighted by atomic mass is 79.9. The molecule has 136 valence electrons. The molecule has 2 heterocycles. The predicted octanol–water partition coefficient (Wildman–Crippen LogP) is 4.96. The molecule has 4 aromatic rings. The van der Waals surface area contributed by atoms with Crippen molar-refractivity contribution in [3.05, 3.63) is 53.0 Å². The Bertz CT molecular complexity index is 1060. The Morgan fingerprint density at radius 3 is 2.74 bits per heavy atom. The van der Waals surface area contributed by atoms with Crippen molar-refractivity contribution >= 4 is 61.1 Å². The first-order chi connectivity index (χ1) is 13.1. The van der Waals surface area contributed by atoms with Crippen molar-refractivity contribution in [2.45, 2.75) is 17.3 Å². The van der Waals surface area contributed by atoms with Gasteiger partial charge in [0.25, 0.3) is 0 Å². The van der Waals surface area contributed by atoms with Crippen LogP contribution in [0.4, 0.5) is 5.13 Å². The fourth-order valence-electron chi connectivity index (χ4n) is 2.40. The average molecular weight is 460 g/mol. The maximum absolute atomic E-state index is 12.5. The van der Waals surface area contributed by atoms with E-state index < -0.39 is 0 Å². The van der Waals surface area contributed by atoms with Gasteiger partial charge in [-0.2, -0.15) is 0 Å². The monoisotopic (exact) mass is 459 g/mol. The second-order valence-electron chi connectivity index (χ2n) is 5.73. The zero-order valence-corrected chi connectivity index (χ0v) is 17.4. The summed E-state index contributed by atoms with van der Waals surface area (Å²) in [7, 11) is 0. The smallest absolute Gasteiger partial charge is 0.239 e. The number of anilines is 1. The van der Waals surface area contributed by atoms with Crippen LogP contribution in [-0.2, 0) is 4.79 Å². The molecule has 9 heteroatoms. The van der Waals surface area contributed by atoms with E-state index in [0.29, 0.717) is 10.3 Å². The third-order valence-electron chi connectivity index (χ3n) is 3.77. The first-order valence-corrected chi connectivity index (χ1v) is 10.6. The van der Waals surface area contributed by atoms with Gasteiger partial charge in [-0.25, -0.2) is 4.98 Å². The third kappa shape index (κ3) is 4.20. The summed E-state index contributed by atoms with van der Waals surface area (Å²) in [6, 6.07) is 15.6. The van der Waals surface area contributed by atoms with E-state index in [1.807, 2.05) is 55.5 Å². The molecule has 6 nitrogen and oxygen atoms in total. The Balaban J connectivity index is 1.41. The molecule has 1 atom stereocenters. The van der Waals surface area contributed by atoms with Crippen molar-refractivity contribution in [2.24, 2.45) is 0 Å². The van der Waals surface area contributed by atoms with E-state index in [1.54, 1.807) is 0 Å². The lowest BCUT2D eigenvalue weighted by atomic mass is 10.2. The molecule has 0 aliphatic carbocycles.